The molecule has 2 aliphatic heterocycles. The summed E-state index contributed by atoms with van der Waals surface area (Å²) in [7, 11) is 0. The first kappa shape index (κ1) is 30.0. The second-order valence-corrected chi connectivity index (χ2v) is 12.2. The maximum Gasteiger partial charge on any atom is 0.410 e. The van der Waals surface area contributed by atoms with Gasteiger partial charge in [0.1, 0.15) is 5.60 Å². The maximum absolute atomic E-state index is 13.2. The van der Waals surface area contributed by atoms with Gasteiger partial charge in [-0.2, -0.15) is 0 Å². The number of hydrogen-bond acceptors (Lipinski definition) is 8. The van der Waals surface area contributed by atoms with Gasteiger partial charge in [0.25, 0.3) is 0 Å². The van der Waals surface area contributed by atoms with E-state index in [0.717, 1.165) is 38.5 Å². The molecule has 10 nitrogen and oxygen atoms in total. The lowest BCUT2D eigenvalue weighted by molar-refractivity contribution is -0.142. The number of aromatic nitrogens is 1. The van der Waals surface area contributed by atoms with E-state index in [-0.39, 0.29) is 36.2 Å². The predicted octanol–water partition coefficient (Wildman–Crippen LogP) is 3.22. The van der Waals surface area contributed by atoms with Crippen molar-refractivity contribution in [1.29, 1.82) is 0 Å². The number of carbonyl (C=O) groups is 4. The topological polar surface area (TPSA) is 135 Å². The highest BCUT2D eigenvalue weighted by Gasteiger charge is 2.33. The van der Waals surface area contributed by atoms with Gasteiger partial charge in [-0.1, -0.05) is 0 Å². The molecule has 3 amide bonds. The van der Waals surface area contributed by atoms with Crippen LogP contribution in [0, 0.1) is 11.8 Å². The van der Waals surface area contributed by atoms with Crippen LogP contribution in [0.4, 0.5) is 4.79 Å². The van der Waals surface area contributed by atoms with E-state index in [4.69, 9.17) is 10.5 Å². The minimum atomic E-state index is -0.695. The molecule has 11 heteroatoms. The van der Waals surface area contributed by atoms with Gasteiger partial charge in [-0.25, -0.2) is 9.78 Å². The highest BCUT2D eigenvalue weighted by atomic mass is 32.1. The minimum Gasteiger partial charge on any atom is -0.444 e. The summed E-state index contributed by atoms with van der Waals surface area (Å²) in [5.41, 5.74) is 5.12. The third-order valence-electron chi connectivity index (χ3n) is 7.16. The number of thiazole rings is 1. The summed E-state index contributed by atoms with van der Waals surface area (Å²) >= 11 is 1.24. The van der Waals surface area contributed by atoms with Crippen molar-refractivity contribution < 1.29 is 23.9 Å². The zero-order valence-electron chi connectivity index (χ0n) is 22.9. The fraction of sp³-hybridized carbons (Fsp3) is 0.741. The highest BCUT2D eigenvalue weighted by Crippen LogP contribution is 2.29. The van der Waals surface area contributed by atoms with Crippen LogP contribution in [0.25, 0.3) is 0 Å². The smallest absolute Gasteiger partial charge is 0.410 e. The number of carbonyl (C=O) groups excluding carboxylic acids is 4. The van der Waals surface area contributed by atoms with Crippen LogP contribution < -0.4 is 11.1 Å². The molecule has 3 N–H and O–H groups in total. The average Bonchev–Trinajstić information content (AvgIpc) is 3.41. The number of piperidine rings is 2. The van der Waals surface area contributed by atoms with Gasteiger partial charge in [0.2, 0.25) is 17.6 Å². The Kier molecular flexibility index (Phi) is 11.1. The molecular formula is C27H43N5O5S. The molecule has 0 saturated carbocycles. The Hall–Kier alpha value is -2.53. The number of ketones is 1. The summed E-state index contributed by atoms with van der Waals surface area (Å²) in [6.45, 7) is 7.88. The van der Waals surface area contributed by atoms with Crippen molar-refractivity contribution >= 4 is 35.0 Å². The van der Waals surface area contributed by atoms with E-state index in [9.17, 15) is 19.2 Å². The molecule has 1 unspecified atom stereocenters. The van der Waals surface area contributed by atoms with Crippen molar-refractivity contribution in [3.05, 3.63) is 16.6 Å². The van der Waals surface area contributed by atoms with Gasteiger partial charge < -0.3 is 25.6 Å². The maximum atomic E-state index is 13.2. The van der Waals surface area contributed by atoms with Crippen LogP contribution in [0.15, 0.2) is 11.6 Å². The third-order valence-corrected chi connectivity index (χ3v) is 7.94. The van der Waals surface area contributed by atoms with E-state index in [1.807, 2.05) is 20.8 Å². The number of Topliss-reactive ketones (excluding diaryl/α,β-unsaturated/α-hetero) is 1. The molecule has 0 aliphatic carbocycles. The molecule has 1 aromatic heterocycles. The van der Waals surface area contributed by atoms with Crippen LogP contribution in [0.2, 0.25) is 0 Å². The molecule has 3 rings (SSSR count). The van der Waals surface area contributed by atoms with Crippen LogP contribution in [0.1, 0.15) is 81.9 Å². The lowest BCUT2D eigenvalue weighted by Gasteiger charge is -2.35. The molecule has 2 saturated heterocycles. The van der Waals surface area contributed by atoms with E-state index in [2.05, 4.69) is 10.3 Å². The number of nitrogens with two attached hydrogens (primary N) is 1. The molecule has 2 atom stereocenters. The molecule has 0 aromatic carbocycles. The zero-order chi connectivity index (χ0) is 27.7. The average molecular weight is 550 g/mol. The van der Waals surface area contributed by atoms with E-state index in [0.29, 0.717) is 49.9 Å². The first-order chi connectivity index (χ1) is 18.1. The van der Waals surface area contributed by atoms with Crippen LogP contribution in [0.5, 0.6) is 0 Å². The first-order valence-electron chi connectivity index (χ1n) is 13.8. The third kappa shape index (κ3) is 9.04. The summed E-state index contributed by atoms with van der Waals surface area (Å²) in [5.74, 6) is -0.157. The van der Waals surface area contributed by atoms with Crippen molar-refractivity contribution in [3.8, 4) is 0 Å². The Balaban J connectivity index is 1.45. The van der Waals surface area contributed by atoms with E-state index >= 15 is 0 Å². The second kappa shape index (κ2) is 14.0. The fourth-order valence-corrected chi connectivity index (χ4v) is 5.74. The predicted molar refractivity (Wildman–Crippen MR) is 146 cm³/mol. The van der Waals surface area contributed by atoms with Crippen LogP contribution >= 0.6 is 11.3 Å². The monoisotopic (exact) mass is 549 g/mol. The van der Waals surface area contributed by atoms with E-state index < -0.39 is 11.6 Å². The largest absolute Gasteiger partial charge is 0.444 e. The summed E-state index contributed by atoms with van der Waals surface area (Å²) in [5, 5.41) is 4.91. The van der Waals surface area contributed by atoms with Gasteiger partial charge in [0.05, 0.1) is 12.6 Å². The van der Waals surface area contributed by atoms with Gasteiger partial charge in [0, 0.05) is 37.1 Å². The Morgan fingerprint density at radius 1 is 1.18 bits per heavy atom. The molecule has 3 heterocycles. The number of hydrogen-bond donors (Lipinski definition) is 2. The van der Waals surface area contributed by atoms with Gasteiger partial charge in [-0.05, 0) is 84.6 Å². The molecule has 0 spiro atoms. The van der Waals surface area contributed by atoms with Crippen molar-refractivity contribution in [2.75, 3.05) is 32.7 Å². The summed E-state index contributed by atoms with van der Waals surface area (Å²) in [6, 6.07) is -0.695. The molecule has 0 radical (unpaired) electrons. The Bertz CT molecular complexity index is 940. The van der Waals surface area contributed by atoms with Crippen LogP contribution in [0.3, 0.4) is 0 Å². The molecular weight excluding hydrogens is 506 g/mol. The van der Waals surface area contributed by atoms with Gasteiger partial charge in [-0.15, -0.1) is 11.3 Å². The van der Waals surface area contributed by atoms with Crippen molar-refractivity contribution in [2.24, 2.45) is 17.6 Å². The molecule has 38 heavy (non-hydrogen) atoms. The van der Waals surface area contributed by atoms with Crippen LogP contribution in [-0.2, 0) is 14.3 Å². The second-order valence-electron chi connectivity index (χ2n) is 11.3. The number of likely N-dealkylation sites (tertiary alicyclic amines) is 2. The normalized spacial score (nSPS) is 19.8. The van der Waals surface area contributed by atoms with E-state index in [1.54, 1.807) is 21.4 Å². The number of rotatable bonds is 11. The van der Waals surface area contributed by atoms with Gasteiger partial charge in [0.15, 0.2) is 5.01 Å². The fourth-order valence-electron chi connectivity index (χ4n) is 5.11. The van der Waals surface area contributed by atoms with Gasteiger partial charge >= 0.3 is 6.09 Å². The number of nitrogens with one attached hydrogen (secondary N) is 1. The van der Waals surface area contributed by atoms with Crippen molar-refractivity contribution in [1.82, 2.24) is 20.1 Å². The summed E-state index contributed by atoms with van der Waals surface area (Å²) in [4.78, 5) is 58.6. The zero-order valence-corrected chi connectivity index (χ0v) is 23.8. The van der Waals surface area contributed by atoms with Crippen LogP contribution in [-0.4, -0.2) is 82.8 Å². The summed E-state index contributed by atoms with van der Waals surface area (Å²) < 4.78 is 5.48. The number of nitrogens with zero attached hydrogens (tertiary/aromatic N) is 3. The quantitative estimate of drug-likeness (QED) is 0.405. The Morgan fingerprint density at radius 3 is 2.55 bits per heavy atom. The number of amides is 3. The lowest BCUT2D eigenvalue weighted by Crippen LogP contribution is -2.50. The minimum absolute atomic E-state index is 0.0161. The standard InChI is InChI=1S/C27H43N5O5S/c1-27(2,3)37-26(36)31-15-10-19(11-16-31)8-9-20-6-5-14-32(25(20)35)18-22(33)30-21(7-4-12-28)23(34)24-29-13-17-38-24/h13,17,19-21H,4-12,14-16,18,28H2,1-3H3,(H,30,33)/t20?,21-/m0/s1. The van der Waals surface area contributed by atoms with Gasteiger partial charge in [-0.3, -0.25) is 14.4 Å². The lowest BCUT2D eigenvalue weighted by atomic mass is 9.85. The van der Waals surface area contributed by atoms with Crippen molar-refractivity contribution in [3.63, 3.8) is 0 Å². The highest BCUT2D eigenvalue weighted by molar-refractivity contribution is 7.11. The van der Waals surface area contributed by atoms with E-state index in [1.165, 1.54) is 11.3 Å². The number of ether oxygens (including phenoxy) is 1. The molecule has 0 bridgehead atoms. The Labute approximate surface area is 229 Å². The van der Waals surface area contributed by atoms with Crippen molar-refractivity contribution in [2.45, 2.75) is 83.8 Å². The summed E-state index contributed by atoms with van der Waals surface area (Å²) in [6.07, 6.45) is 7.56. The molecule has 2 fully saturated rings. The molecule has 1 aromatic rings. The Morgan fingerprint density at radius 2 is 1.92 bits per heavy atom. The molecule has 212 valence electrons. The SMILES string of the molecule is CC(C)(C)OC(=O)N1CCC(CCC2CCCN(CC(=O)N[C@@H](CCCN)C(=O)c3nccs3)C2=O)CC1. The first-order valence-corrected chi connectivity index (χ1v) is 14.6. The molecule has 2 aliphatic rings.